The van der Waals surface area contributed by atoms with Crippen LogP contribution in [0.5, 0.6) is 5.75 Å². The number of hydrogen-bond donors (Lipinski definition) is 2. The lowest BCUT2D eigenvalue weighted by Gasteiger charge is -2.18. The highest BCUT2D eigenvalue weighted by atomic mass is 16.3. The highest BCUT2D eigenvalue weighted by molar-refractivity contribution is 5.58. The Morgan fingerprint density at radius 2 is 1.64 bits per heavy atom. The number of aryl methyl sites for hydroxylation is 1. The first-order chi connectivity index (χ1) is 10.6. The van der Waals surface area contributed by atoms with E-state index in [4.69, 9.17) is 5.73 Å². The Kier molecular flexibility index (Phi) is 5.84. The molecule has 3 N–H and O–H groups in total. The molecule has 0 saturated carbocycles. The third-order valence-electron chi connectivity index (χ3n) is 3.98. The lowest BCUT2D eigenvalue weighted by atomic mass is 10.0. The van der Waals surface area contributed by atoms with Gasteiger partial charge in [-0.3, -0.25) is 0 Å². The van der Waals surface area contributed by atoms with Crippen LogP contribution in [0.1, 0.15) is 29.5 Å². The number of aromatic hydroxyl groups is 1. The van der Waals surface area contributed by atoms with Crippen LogP contribution in [0.3, 0.4) is 0 Å². The van der Waals surface area contributed by atoms with E-state index in [-0.39, 0.29) is 0 Å². The first-order valence-electron chi connectivity index (χ1n) is 7.88. The minimum absolute atomic E-state index is 0.399. The summed E-state index contributed by atoms with van der Waals surface area (Å²) < 4.78 is 0. The molecule has 0 radical (unpaired) electrons. The maximum absolute atomic E-state index is 10.1. The molecule has 3 nitrogen and oxygen atoms in total. The Bertz CT molecular complexity index is 608. The van der Waals surface area contributed by atoms with Crippen LogP contribution in [0.25, 0.3) is 0 Å². The number of rotatable bonds is 7. The van der Waals surface area contributed by atoms with Gasteiger partial charge in [-0.25, -0.2) is 0 Å². The number of phenols is 1. The molecule has 0 atom stereocenters. The summed E-state index contributed by atoms with van der Waals surface area (Å²) in [6, 6.07) is 14.2. The van der Waals surface area contributed by atoms with Crippen molar-refractivity contribution in [3.05, 3.63) is 59.2 Å². The van der Waals surface area contributed by atoms with Gasteiger partial charge in [-0.1, -0.05) is 30.3 Å². The molecule has 0 bridgehead atoms. The van der Waals surface area contributed by atoms with Crippen molar-refractivity contribution in [1.29, 1.82) is 0 Å². The summed E-state index contributed by atoms with van der Waals surface area (Å²) in [4.78, 5) is 2.06. The average molecular weight is 298 g/mol. The molecule has 0 heterocycles. The van der Waals surface area contributed by atoms with Gasteiger partial charge in [0.25, 0.3) is 0 Å². The number of unbranched alkanes of at least 4 members (excludes halogenated alkanes) is 1. The average Bonchev–Trinajstić information content (AvgIpc) is 2.52. The smallest absolute Gasteiger partial charge is 0.120 e. The highest BCUT2D eigenvalue weighted by Crippen LogP contribution is 2.29. The summed E-state index contributed by atoms with van der Waals surface area (Å²) in [5.41, 5.74) is 10.4. The first-order valence-corrected chi connectivity index (χ1v) is 7.88. The van der Waals surface area contributed by atoms with Crippen molar-refractivity contribution < 1.29 is 5.11 Å². The topological polar surface area (TPSA) is 49.5 Å². The monoisotopic (exact) mass is 298 g/mol. The zero-order valence-electron chi connectivity index (χ0n) is 13.5. The summed E-state index contributed by atoms with van der Waals surface area (Å²) in [6.45, 7) is 0.595. The number of nitrogens with zero attached hydrogens (tertiary/aromatic N) is 1. The van der Waals surface area contributed by atoms with Crippen molar-refractivity contribution >= 4 is 5.69 Å². The van der Waals surface area contributed by atoms with Crippen molar-refractivity contribution in [2.24, 2.45) is 5.73 Å². The van der Waals surface area contributed by atoms with E-state index in [1.54, 1.807) is 6.07 Å². The SMILES string of the molecule is CN(C)c1cccc(O)c1CCCCc1cccc(CN)c1. The number of benzene rings is 2. The van der Waals surface area contributed by atoms with Crippen molar-refractivity contribution in [1.82, 2.24) is 0 Å². The van der Waals surface area contributed by atoms with E-state index in [1.807, 2.05) is 20.2 Å². The maximum Gasteiger partial charge on any atom is 0.120 e. The number of hydrogen-bond acceptors (Lipinski definition) is 3. The van der Waals surface area contributed by atoms with Crippen LogP contribution >= 0.6 is 0 Å². The first kappa shape index (κ1) is 16.4. The van der Waals surface area contributed by atoms with Gasteiger partial charge in [-0.2, -0.15) is 0 Å². The summed E-state index contributed by atoms with van der Waals surface area (Å²) in [5, 5.41) is 10.1. The molecule has 22 heavy (non-hydrogen) atoms. The molecular weight excluding hydrogens is 272 g/mol. The molecule has 2 aromatic carbocycles. The molecule has 2 rings (SSSR count). The van der Waals surface area contributed by atoms with Gasteiger partial charge in [0.05, 0.1) is 0 Å². The zero-order chi connectivity index (χ0) is 15.9. The van der Waals surface area contributed by atoms with E-state index < -0.39 is 0 Å². The molecule has 0 spiro atoms. The van der Waals surface area contributed by atoms with E-state index in [2.05, 4.69) is 35.2 Å². The molecule has 3 heteroatoms. The summed E-state index contributed by atoms with van der Waals surface area (Å²) in [6.07, 6.45) is 4.12. The van der Waals surface area contributed by atoms with Crippen LogP contribution < -0.4 is 10.6 Å². The van der Waals surface area contributed by atoms with Gasteiger partial charge < -0.3 is 15.7 Å². The predicted molar refractivity (Wildman–Crippen MR) is 93.4 cm³/mol. The molecule has 0 fully saturated rings. The fraction of sp³-hybridized carbons (Fsp3) is 0.368. The molecule has 0 aromatic heterocycles. The van der Waals surface area contributed by atoms with Gasteiger partial charge >= 0.3 is 0 Å². The lowest BCUT2D eigenvalue weighted by Crippen LogP contribution is -2.11. The molecule has 0 aliphatic heterocycles. The van der Waals surface area contributed by atoms with Gasteiger partial charge in [0.1, 0.15) is 5.75 Å². The van der Waals surface area contributed by atoms with E-state index in [1.165, 1.54) is 11.1 Å². The van der Waals surface area contributed by atoms with E-state index in [9.17, 15) is 5.11 Å². The van der Waals surface area contributed by atoms with Gasteiger partial charge in [-0.15, -0.1) is 0 Å². The molecule has 0 aliphatic carbocycles. The Balaban J connectivity index is 1.91. The molecule has 0 saturated heterocycles. The van der Waals surface area contributed by atoms with Gasteiger partial charge in [0.2, 0.25) is 0 Å². The van der Waals surface area contributed by atoms with Crippen LogP contribution in [-0.4, -0.2) is 19.2 Å². The highest BCUT2D eigenvalue weighted by Gasteiger charge is 2.09. The predicted octanol–water partition coefficient (Wildman–Crippen LogP) is 3.48. The second-order valence-corrected chi connectivity index (χ2v) is 5.90. The summed E-state index contributed by atoms with van der Waals surface area (Å²) in [5.74, 6) is 0.399. The zero-order valence-corrected chi connectivity index (χ0v) is 13.5. The van der Waals surface area contributed by atoms with Gasteiger partial charge in [0, 0.05) is 31.9 Å². The van der Waals surface area contributed by atoms with Gasteiger partial charge in [0.15, 0.2) is 0 Å². The van der Waals surface area contributed by atoms with Crippen LogP contribution in [-0.2, 0) is 19.4 Å². The minimum Gasteiger partial charge on any atom is -0.508 e. The lowest BCUT2D eigenvalue weighted by molar-refractivity contribution is 0.466. The molecule has 2 aromatic rings. The van der Waals surface area contributed by atoms with Crippen LogP contribution in [0.15, 0.2) is 42.5 Å². The molecule has 0 unspecified atom stereocenters. The van der Waals surface area contributed by atoms with Gasteiger partial charge in [-0.05, 0) is 48.9 Å². The van der Waals surface area contributed by atoms with E-state index >= 15 is 0 Å². The standard InChI is InChI=1S/C19H26N2O/c1-21(2)18-11-6-12-19(22)17(18)10-4-3-7-15-8-5-9-16(13-15)14-20/h5-6,8-9,11-13,22H,3-4,7,10,14,20H2,1-2H3. The van der Waals surface area contributed by atoms with Crippen molar-refractivity contribution in [2.45, 2.75) is 32.2 Å². The second kappa shape index (κ2) is 7.85. The van der Waals surface area contributed by atoms with E-state index in [0.717, 1.165) is 36.9 Å². The number of phenolic OH excluding ortho intramolecular Hbond substituents is 1. The summed E-state index contributed by atoms with van der Waals surface area (Å²) >= 11 is 0. The third kappa shape index (κ3) is 4.25. The van der Waals surface area contributed by atoms with Crippen LogP contribution in [0.4, 0.5) is 5.69 Å². The molecule has 118 valence electrons. The quantitative estimate of drug-likeness (QED) is 0.769. The molecular formula is C19H26N2O. The van der Waals surface area contributed by atoms with Crippen LogP contribution in [0, 0.1) is 0 Å². The largest absolute Gasteiger partial charge is 0.508 e. The van der Waals surface area contributed by atoms with Crippen molar-refractivity contribution in [3.8, 4) is 5.75 Å². The fourth-order valence-electron chi connectivity index (χ4n) is 2.78. The maximum atomic E-state index is 10.1. The Labute approximate surface area is 133 Å². The molecule has 0 amide bonds. The number of nitrogens with two attached hydrogens (primary N) is 1. The normalized spacial score (nSPS) is 10.7. The Morgan fingerprint density at radius 3 is 2.36 bits per heavy atom. The molecule has 0 aliphatic rings. The van der Waals surface area contributed by atoms with Crippen molar-refractivity contribution in [2.75, 3.05) is 19.0 Å². The summed E-state index contributed by atoms with van der Waals surface area (Å²) in [7, 11) is 4.02. The minimum atomic E-state index is 0.399. The third-order valence-corrected chi connectivity index (χ3v) is 3.98. The Morgan fingerprint density at radius 1 is 0.955 bits per heavy atom. The van der Waals surface area contributed by atoms with Crippen molar-refractivity contribution in [3.63, 3.8) is 0 Å². The fourth-order valence-corrected chi connectivity index (χ4v) is 2.78. The second-order valence-electron chi connectivity index (χ2n) is 5.90. The Hall–Kier alpha value is -2.00. The van der Waals surface area contributed by atoms with Crippen LogP contribution in [0.2, 0.25) is 0 Å². The van der Waals surface area contributed by atoms with E-state index in [0.29, 0.717) is 12.3 Å². The number of anilines is 1.